The molecular formula is C11H10BrFN4O2. The summed E-state index contributed by atoms with van der Waals surface area (Å²) >= 11 is 3.04. The first-order chi connectivity index (χ1) is 9.02. The lowest BCUT2D eigenvalue weighted by molar-refractivity contribution is 0.318. The van der Waals surface area contributed by atoms with E-state index in [0.29, 0.717) is 5.75 Å². The van der Waals surface area contributed by atoms with Crippen LogP contribution in [-0.4, -0.2) is 20.8 Å². The fourth-order valence-corrected chi connectivity index (χ4v) is 1.97. The molecule has 0 radical (unpaired) electrons. The molecule has 0 spiro atoms. The van der Waals surface area contributed by atoms with E-state index in [0.717, 1.165) is 0 Å². The van der Waals surface area contributed by atoms with E-state index in [1.165, 1.54) is 23.0 Å². The molecule has 0 fully saturated rings. The Bertz CT molecular complexity index is 642. The van der Waals surface area contributed by atoms with Gasteiger partial charge in [-0.2, -0.15) is 5.10 Å². The lowest BCUT2D eigenvalue weighted by Crippen LogP contribution is -2.14. The predicted octanol–water partition coefficient (Wildman–Crippen LogP) is 2.21. The standard InChI is InChI=1S/C11H10BrFN4O2/c1-17-5-6(4-15-17)19-8-3-2-7(11(14)16-18)9(12)10(8)13/h2-5,18H,1H3,(H2,14,16). The predicted molar refractivity (Wildman–Crippen MR) is 69.9 cm³/mol. The van der Waals surface area contributed by atoms with Crippen molar-refractivity contribution in [2.45, 2.75) is 0 Å². The number of nitrogens with zero attached hydrogens (tertiary/aromatic N) is 3. The second kappa shape index (κ2) is 5.27. The fraction of sp³-hybridized carbons (Fsp3) is 0.0909. The summed E-state index contributed by atoms with van der Waals surface area (Å²) in [7, 11) is 1.72. The highest BCUT2D eigenvalue weighted by atomic mass is 79.9. The van der Waals surface area contributed by atoms with E-state index in [1.54, 1.807) is 13.2 Å². The number of amidine groups is 1. The van der Waals surface area contributed by atoms with Crippen molar-refractivity contribution < 1.29 is 14.3 Å². The third kappa shape index (κ3) is 2.68. The van der Waals surface area contributed by atoms with Crippen molar-refractivity contribution in [1.82, 2.24) is 9.78 Å². The molecule has 0 unspecified atom stereocenters. The normalized spacial score (nSPS) is 11.6. The van der Waals surface area contributed by atoms with Gasteiger partial charge in [0.25, 0.3) is 0 Å². The third-order valence-corrected chi connectivity index (χ3v) is 3.11. The molecule has 8 heteroatoms. The van der Waals surface area contributed by atoms with Crippen LogP contribution in [0.4, 0.5) is 4.39 Å². The molecule has 0 saturated heterocycles. The lowest BCUT2D eigenvalue weighted by Gasteiger charge is -2.08. The third-order valence-electron chi connectivity index (χ3n) is 2.34. The highest BCUT2D eigenvalue weighted by Gasteiger charge is 2.15. The molecule has 100 valence electrons. The fourth-order valence-electron chi connectivity index (χ4n) is 1.44. The van der Waals surface area contributed by atoms with E-state index in [1.807, 2.05) is 0 Å². The summed E-state index contributed by atoms with van der Waals surface area (Å²) in [4.78, 5) is 0. The minimum Gasteiger partial charge on any atom is -0.451 e. The van der Waals surface area contributed by atoms with Crippen molar-refractivity contribution in [1.29, 1.82) is 0 Å². The Kier molecular flexibility index (Phi) is 3.70. The van der Waals surface area contributed by atoms with Crippen LogP contribution in [0, 0.1) is 5.82 Å². The molecule has 1 heterocycles. The topological polar surface area (TPSA) is 85.7 Å². The summed E-state index contributed by atoms with van der Waals surface area (Å²) in [5.41, 5.74) is 5.65. The minimum atomic E-state index is -0.645. The first kappa shape index (κ1) is 13.3. The maximum Gasteiger partial charge on any atom is 0.180 e. The Morgan fingerprint density at radius 3 is 2.89 bits per heavy atom. The van der Waals surface area contributed by atoms with Gasteiger partial charge in [-0.05, 0) is 28.1 Å². The molecule has 0 saturated carbocycles. The number of aryl methyl sites for hydroxylation is 1. The smallest absolute Gasteiger partial charge is 0.180 e. The molecule has 0 aliphatic rings. The van der Waals surface area contributed by atoms with Crippen molar-refractivity contribution in [3.8, 4) is 11.5 Å². The molecular weight excluding hydrogens is 319 g/mol. The zero-order valence-corrected chi connectivity index (χ0v) is 11.4. The average molecular weight is 329 g/mol. The van der Waals surface area contributed by atoms with Gasteiger partial charge in [0.2, 0.25) is 0 Å². The number of hydrogen-bond acceptors (Lipinski definition) is 4. The largest absolute Gasteiger partial charge is 0.451 e. The molecule has 19 heavy (non-hydrogen) atoms. The number of ether oxygens (including phenoxy) is 1. The number of rotatable bonds is 3. The Labute approximate surface area is 116 Å². The molecule has 1 aromatic heterocycles. The van der Waals surface area contributed by atoms with E-state index in [9.17, 15) is 4.39 Å². The number of nitrogens with two attached hydrogens (primary N) is 1. The van der Waals surface area contributed by atoms with Crippen LogP contribution < -0.4 is 10.5 Å². The first-order valence-corrected chi connectivity index (χ1v) is 5.94. The van der Waals surface area contributed by atoms with Gasteiger partial charge >= 0.3 is 0 Å². The zero-order valence-electron chi connectivity index (χ0n) is 9.84. The number of oxime groups is 1. The monoisotopic (exact) mass is 328 g/mol. The van der Waals surface area contributed by atoms with Crippen LogP contribution >= 0.6 is 15.9 Å². The number of hydrogen-bond donors (Lipinski definition) is 2. The summed E-state index contributed by atoms with van der Waals surface area (Å²) in [6.07, 6.45) is 3.07. The van der Waals surface area contributed by atoms with Crippen LogP contribution in [0.5, 0.6) is 11.5 Å². The van der Waals surface area contributed by atoms with Crippen molar-refractivity contribution in [2.24, 2.45) is 17.9 Å². The summed E-state index contributed by atoms with van der Waals surface area (Å²) < 4.78 is 21.0. The maximum atomic E-state index is 14.1. The number of benzene rings is 1. The highest BCUT2D eigenvalue weighted by Crippen LogP contribution is 2.31. The number of aromatic nitrogens is 2. The first-order valence-electron chi connectivity index (χ1n) is 5.15. The van der Waals surface area contributed by atoms with Crippen LogP contribution in [0.25, 0.3) is 0 Å². The summed E-state index contributed by atoms with van der Waals surface area (Å²) in [5, 5.41) is 15.3. The Morgan fingerprint density at radius 2 is 2.32 bits per heavy atom. The van der Waals surface area contributed by atoms with Gasteiger partial charge in [0.15, 0.2) is 23.2 Å². The van der Waals surface area contributed by atoms with Gasteiger partial charge in [0.05, 0.1) is 16.9 Å². The highest BCUT2D eigenvalue weighted by molar-refractivity contribution is 9.10. The minimum absolute atomic E-state index is 0.00867. The van der Waals surface area contributed by atoms with E-state index in [-0.39, 0.29) is 21.6 Å². The van der Waals surface area contributed by atoms with Gasteiger partial charge in [-0.25, -0.2) is 4.39 Å². The Balaban J connectivity index is 2.36. The van der Waals surface area contributed by atoms with Crippen LogP contribution in [-0.2, 0) is 7.05 Å². The molecule has 0 bridgehead atoms. The van der Waals surface area contributed by atoms with Crippen LogP contribution in [0.2, 0.25) is 0 Å². The van der Waals surface area contributed by atoms with Crippen LogP contribution in [0.3, 0.4) is 0 Å². The van der Waals surface area contributed by atoms with E-state index in [4.69, 9.17) is 15.7 Å². The van der Waals surface area contributed by atoms with Gasteiger partial charge in [0, 0.05) is 12.6 Å². The van der Waals surface area contributed by atoms with E-state index < -0.39 is 5.82 Å². The maximum absolute atomic E-state index is 14.1. The van der Waals surface area contributed by atoms with Gasteiger partial charge in [-0.3, -0.25) is 4.68 Å². The van der Waals surface area contributed by atoms with Crippen molar-refractivity contribution in [3.05, 3.63) is 40.4 Å². The molecule has 2 aromatic rings. The Hall–Kier alpha value is -2.09. The van der Waals surface area contributed by atoms with Crippen molar-refractivity contribution in [2.75, 3.05) is 0 Å². The second-order valence-corrected chi connectivity index (χ2v) is 4.47. The average Bonchev–Trinajstić information content (AvgIpc) is 2.80. The molecule has 3 N–H and O–H groups in total. The Morgan fingerprint density at radius 1 is 1.58 bits per heavy atom. The van der Waals surface area contributed by atoms with E-state index in [2.05, 4.69) is 26.2 Å². The molecule has 6 nitrogen and oxygen atoms in total. The number of halogens is 2. The van der Waals surface area contributed by atoms with Crippen LogP contribution in [0.15, 0.2) is 34.2 Å². The molecule has 0 aliphatic heterocycles. The molecule has 1 aromatic carbocycles. The SMILES string of the molecule is Cn1cc(Oc2ccc(/C(N)=N/O)c(Br)c2F)cn1. The summed E-state index contributed by atoms with van der Waals surface area (Å²) in [6.45, 7) is 0. The quantitative estimate of drug-likeness (QED) is 0.391. The lowest BCUT2D eigenvalue weighted by atomic mass is 10.2. The van der Waals surface area contributed by atoms with Gasteiger partial charge in [-0.1, -0.05) is 5.16 Å². The zero-order chi connectivity index (χ0) is 14.0. The molecule has 0 atom stereocenters. The molecule has 0 amide bonds. The van der Waals surface area contributed by atoms with Crippen molar-refractivity contribution in [3.63, 3.8) is 0 Å². The summed E-state index contributed by atoms with van der Waals surface area (Å²) in [5.74, 6) is -0.425. The van der Waals surface area contributed by atoms with Crippen molar-refractivity contribution >= 4 is 21.8 Å². The van der Waals surface area contributed by atoms with Crippen LogP contribution in [0.1, 0.15) is 5.56 Å². The molecule has 2 rings (SSSR count). The summed E-state index contributed by atoms with van der Waals surface area (Å²) in [6, 6.07) is 2.87. The van der Waals surface area contributed by atoms with Gasteiger partial charge in [-0.15, -0.1) is 0 Å². The second-order valence-electron chi connectivity index (χ2n) is 3.68. The van der Waals surface area contributed by atoms with Gasteiger partial charge < -0.3 is 15.7 Å². The van der Waals surface area contributed by atoms with E-state index >= 15 is 0 Å². The molecule has 0 aliphatic carbocycles. The van der Waals surface area contributed by atoms with Gasteiger partial charge in [0.1, 0.15) is 0 Å².